The Hall–Kier alpha value is -0.870. The average Bonchev–Trinajstić information content (AvgIpc) is 2.47. The summed E-state index contributed by atoms with van der Waals surface area (Å²) < 4.78 is 0.762. The van der Waals surface area contributed by atoms with E-state index in [0.717, 1.165) is 28.4 Å². The first-order valence-electron chi connectivity index (χ1n) is 4.48. The van der Waals surface area contributed by atoms with Crippen LogP contribution in [-0.4, -0.2) is 5.91 Å². The molecular formula is C10H11BrN2O. The van der Waals surface area contributed by atoms with Crippen LogP contribution in [0.25, 0.3) is 0 Å². The summed E-state index contributed by atoms with van der Waals surface area (Å²) in [5, 5.41) is 0. The molecule has 0 heterocycles. The Morgan fingerprint density at radius 3 is 2.86 bits per heavy atom. The molecule has 0 spiro atoms. The van der Waals surface area contributed by atoms with Crippen molar-refractivity contribution < 1.29 is 4.79 Å². The summed E-state index contributed by atoms with van der Waals surface area (Å²) in [7, 11) is 0. The molecule has 74 valence electrons. The van der Waals surface area contributed by atoms with Crippen molar-refractivity contribution in [2.75, 3.05) is 0 Å². The fourth-order valence-electron chi connectivity index (χ4n) is 1.97. The van der Waals surface area contributed by atoms with Crippen molar-refractivity contribution in [3.05, 3.63) is 33.3 Å². The maximum absolute atomic E-state index is 11.2. The van der Waals surface area contributed by atoms with Gasteiger partial charge in [0, 0.05) is 10.5 Å². The second-order valence-electron chi connectivity index (χ2n) is 3.50. The van der Waals surface area contributed by atoms with Crippen LogP contribution in [-0.2, 0) is 6.42 Å². The van der Waals surface area contributed by atoms with Gasteiger partial charge in [-0.3, -0.25) is 4.79 Å². The third kappa shape index (κ3) is 1.35. The third-order valence-corrected chi connectivity index (χ3v) is 3.31. The van der Waals surface area contributed by atoms with Crippen LogP contribution in [0, 0.1) is 0 Å². The number of amides is 1. The van der Waals surface area contributed by atoms with Gasteiger partial charge in [0.25, 0.3) is 0 Å². The zero-order valence-electron chi connectivity index (χ0n) is 7.59. The lowest BCUT2D eigenvalue weighted by molar-refractivity contribution is 0.0998. The van der Waals surface area contributed by atoms with Crippen LogP contribution >= 0.6 is 15.9 Å². The number of primary amides is 1. The Bertz CT molecular complexity index is 403. The van der Waals surface area contributed by atoms with Gasteiger partial charge in [0.1, 0.15) is 0 Å². The molecule has 4 N–H and O–H groups in total. The summed E-state index contributed by atoms with van der Waals surface area (Å²) in [4.78, 5) is 11.2. The smallest absolute Gasteiger partial charge is 0.250 e. The molecule has 14 heavy (non-hydrogen) atoms. The fraction of sp³-hybridized carbons (Fsp3) is 0.300. The number of hydrogen-bond donors (Lipinski definition) is 2. The number of carbonyl (C=O) groups is 1. The largest absolute Gasteiger partial charge is 0.366 e. The van der Waals surface area contributed by atoms with Crippen LogP contribution in [0.15, 0.2) is 16.6 Å². The Kier molecular flexibility index (Phi) is 2.33. The summed E-state index contributed by atoms with van der Waals surface area (Å²) in [5.41, 5.74) is 13.9. The van der Waals surface area contributed by atoms with Gasteiger partial charge in [-0.1, -0.05) is 6.07 Å². The lowest BCUT2D eigenvalue weighted by Crippen LogP contribution is -2.15. The van der Waals surface area contributed by atoms with Crippen molar-refractivity contribution in [2.24, 2.45) is 11.5 Å². The van der Waals surface area contributed by atoms with Crippen molar-refractivity contribution in [1.29, 1.82) is 0 Å². The van der Waals surface area contributed by atoms with E-state index in [-0.39, 0.29) is 11.9 Å². The number of benzene rings is 1. The molecule has 4 heteroatoms. The second kappa shape index (κ2) is 3.37. The Labute approximate surface area is 90.6 Å². The molecule has 0 saturated carbocycles. The standard InChI is InChI=1S/C10H11BrN2O/c11-7-3-1-5-6(2-4-8(5)12)9(7)10(13)14/h1,3,8H,2,4,12H2,(H2,13,14)/t8-/m1/s1. The molecular weight excluding hydrogens is 244 g/mol. The van der Waals surface area contributed by atoms with Gasteiger partial charge in [0.05, 0.1) is 5.56 Å². The highest BCUT2D eigenvalue weighted by molar-refractivity contribution is 9.10. The van der Waals surface area contributed by atoms with E-state index in [9.17, 15) is 4.79 Å². The molecule has 0 unspecified atom stereocenters. The van der Waals surface area contributed by atoms with Crippen LogP contribution in [0.3, 0.4) is 0 Å². The highest BCUT2D eigenvalue weighted by Gasteiger charge is 2.24. The minimum Gasteiger partial charge on any atom is -0.366 e. The van der Waals surface area contributed by atoms with Gasteiger partial charge in [0.2, 0.25) is 5.91 Å². The maximum Gasteiger partial charge on any atom is 0.250 e. The zero-order chi connectivity index (χ0) is 10.3. The molecule has 1 aliphatic carbocycles. The SMILES string of the molecule is NC(=O)c1c(Br)ccc2c1CC[C@H]2N. The van der Waals surface area contributed by atoms with Crippen LogP contribution in [0.4, 0.5) is 0 Å². The van der Waals surface area contributed by atoms with Crippen molar-refractivity contribution in [3.8, 4) is 0 Å². The maximum atomic E-state index is 11.2. The first kappa shape index (κ1) is 9.68. The Morgan fingerprint density at radius 2 is 2.21 bits per heavy atom. The molecule has 0 fully saturated rings. The highest BCUT2D eigenvalue weighted by atomic mass is 79.9. The van der Waals surface area contributed by atoms with Gasteiger partial charge in [-0.2, -0.15) is 0 Å². The van der Waals surface area contributed by atoms with Gasteiger partial charge in [-0.15, -0.1) is 0 Å². The second-order valence-corrected chi connectivity index (χ2v) is 4.35. The van der Waals surface area contributed by atoms with Crippen molar-refractivity contribution in [2.45, 2.75) is 18.9 Å². The number of halogens is 1. The molecule has 1 aromatic carbocycles. The average molecular weight is 255 g/mol. The van der Waals surface area contributed by atoms with E-state index in [1.807, 2.05) is 12.1 Å². The third-order valence-electron chi connectivity index (χ3n) is 2.65. The lowest BCUT2D eigenvalue weighted by Gasteiger charge is -2.08. The van der Waals surface area contributed by atoms with Crippen LogP contribution in [0.2, 0.25) is 0 Å². The fourth-order valence-corrected chi connectivity index (χ4v) is 2.54. The lowest BCUT2D eigenvalue weighted by atomic mass is 10.0. The first-order valence-corrected chi connectivity index (χ1v) is 5.27. The van der Waals surface area contributed by atoms with E-state index in [2.05, 4.69) is 15.9 Å². The van der Waals surface area contributed by atoms with Gasteiger partial charge in [-0.05, 0) is 46.0 Å². The van der Waals surface area contributed by atoms with Crippen LogP contribution in [0.1, 0.15) is 33.9 Å². The van der Waals surface area contributed by atoms with Crippen molar-refractivity contribution >= 4 is 21.8 Å². The van der Waals surface area contributed by atoms with E-state index in [1.54, 1.807) is 0 Å². The summed E-state index contributed by atoms with van der Waals surface area (Å²) in [6, 6.07) is 3.85. The minimum atomic E-state index is -0.386. The van der Waals surface area contributed by atoms with Crippen molar-refractivity contribution in [3.63, 3.8) is 0 Å². The number of nitrogens with two attached hydrogens (primary N) is 2. The molecule has 1 aliphatic rings. The molecule has 0 saturated heterocycles. The van der Waals surface area contributed by atoms with E-state index in [0.29, 0.717) is 5.56 Å². The molecule has 3 nitrogen and oxygen atoms in total. The van der Waals surface area contributed by atoms with Gasteiger partial charge >= 0.3 is 0 Å². The van der Waals surface area contributed by atoms with Gasteiger partial charge in [0.15, 0.2) is 0 Å². The van der Waals surface area contributed by atoms with Crippen molar-refractivity contribution in [1.82, 2.24) is 0 Å². The molecule has 0 bridgehead atoms. The number of rotatable bonds is 1. The number of hydrogen-bond acceptors (Lipinski definition) is 2. The van der Waals surface area contributed by atoms with E-state index < -0.39 is 0 Å². The first-order chi connectivity index (χ1) is 6.61. The molecule has 1 amide bonds. The molecule has 0 radical (unpaired) electrons. The van der Waals surface area contributed by atoms with Crippen LogP contribution in [0.5, 0.6) is 0 Å². The molecule has 1 atom stereocenters. The predicted octanol–water partition coefficient (Wildman–Crippen LogP) is 1.49. The summed E-state index contributed by atoms with van der Waals surface area (Å²) in [6.45, 7) is 0. The molecule has 0 aromatic heterocycles. The van der Waals surface area contributed by atoms with Crippen LogP contribution < -0.4 is 11.5 Å². The Morgan fingerprint density at radius 1 is 1.50 bits per heavy atom. The molecule has 2 rings (SSSR count). The summed E-state index contributed by atoms with van der Waals surface area (Å²) in [5.74, 6) is -0.386. The normalized spacial score (nSPS) is 19.4. The quantitative estimate of drug-likeness (QED) is 0.798. The van der Waals surface area contributed by atoms with Gasteiger partial charge in [-0.25, -0.2) is 0 Å². The molecule has 1 aromatic rings. The van der Waals surface area contributed by atoms with E-state index in [4.69, 9.17) is 11.5 Å². The zero-order valence-corrected chi connectivity index (χ0v) is 9.17. The summed E-state index contributed by atoms with van der Waals surface area (Å²) >= 11 is 3.33. The number of carbonyl (C=O) groups excluding carboxylic acids is 1. The summed E-state index contributed by atoms with van der Waals surface area (Å²) in [6.07, 6.45) is 1.74. The monoisotopic (exact) mass is 254 g/mol. The van der Waals surface area contributed by atoms with E-state index >= 15 is 0 Å². The predicted molar refractivity (Wildman–Crippen MR) is 57.9 cm³/mol. The van der Waals surface area contributed by atoms with Gasteiger partial charge < -0.3 is 11.5 Å². The Balaban J connectivity index is 2.65. The van der Waals surface area contributed by atoms with E-state index in [1.165, 1.54) is 0 Å². The number of fused-ring (bicyclic) bond motifs is 1. The minimum absolute atomic E-state index is 0.0520. The highest BCUT2D eigenvalue weighted by Crippen LogP contribution is 2.34. The molecule has 0 aliphatic heterocycles. The topological polar surface area (TPSA) is 69.1 Å².